The minimum absolute atomic E-state index is 0.0679. The van der Waals surface area contributed by atoms with E-state index in [-0.39, 0.29) is 24.3 Å². The molecule has 2 fully saturated rings. The highest BCUT2D eigenvalue weighted by Crippen LogP contribution is 2.59. The second-order valence-electron chi connectivity index (χ2n) is 12.9. The fourth-order valence-corrected chi connectivity index (χ4v) is 7.92. The van der Waals surface area contributed by atoms with E-state index in [1.54, 1.807) is 14.7 Å². The molecule has 0 aliphatic carbocycles. The number of hydrogen-bond acceptors (Lipinski definition) is 6. The molecule has 4 heterocycles. The number of amides is 3. The topological polar surface area (TPSA) is 99.6 Å². The third-order valence-corrected chi connectivity index (χ3v) is 10.1. The second-order valence-corrected chi connectivity index (χ2v) is 12.9. The number of hydrogen-bond donors (Lipinski definition) is 1. The van der Waals surface area contributed by atoms with Crippen molar-refractivity contribution in [3.63, 3.8) is 0 Å². The van der Waals surface area contributed by atoms with Gasteiger partial charge in [-0.15, -0.1) is 0 Å². The van der Waals surface area contributed by atoms with E-state index in [0.717, 1.165) is 22.6 Å². The van der Waals surface area contributed by atoms with Gasteiger partial charge >= 0.3 is 0 Å². The van der Waals surface area contributed by atoms with Crippen LogP contribution in [0.4, 0.5) is 11.4 Å². The van der Waals surface area contributed by atoms with E-state index in [9.17, 15) is 19.5 Å². The molecule has 4 aliphatic heterocycles. The van der Waals surface area contributed by atoms with Crippen LogP contribution in [0.1, 0.15) is 50.7 Å². The highest BCUT2D eigenvalue weighted by Gasteiger charge is 2.75. The summed E-state index contributed by atoms with van der Waals surface area (Å²) in [6, 6.07) is 12.5. The molecule has 2 saturated heterocycles. The Hall–Kier alpha value is -3.95. The Morgan fingerprint density at radius 3 is 2.33 bits per heavy atom. The first-order chi connectivity index (χ1) is 22.2. The van der Waals surface area contributed by atoms with Crippen LogP contribution in [0.15, 0.2) is 66.8 Å². The number of benzene rings is 2. The molecule has 9 heteroatoms. The molecule has 0 saturated carbocycles. The van der Waals surface area contributed by atoms with Crippen molar-refractivity contribution in [2.75, 3.05) is 42.6 Å². The van der Waals surface area contributed by atoms with Gasteiger partial charge in [-0.3, -0.25) is 14.4 Å². The van der Waals surface area contributed by atoms with Crippen LogP contribution in [-0.4, -0.2) is 77.8 Å². The molecular formula is C37H45N3O6. The maximum absolute atomic E-state index is 14.8. The van der Waals surface area contributed by atoms with Gasteiger partial charge in [0.2, 0.25) is 11.8 Å². The molecule has 9 nitrogen and oxygen atoms in total. The number of anilines is 2. The van der Waals surface area contributed by atoms with Gasteiger partial charge in [0.25, 0.3) is 5.91 Å². The quantitative estimate of drug-likeness (QED) is 0.302. The number of fused-ring (bicyclic) bond motifs is 2. The first kappa shape index (κ1) is 32.0. The molecule has 6 rings (SSSR count). The first-order valence-electron chi connectivity index (χ1n) is 16.6. The number of unbranched alkanes of at least 4 members (excludes halogenated alkanes) is 2. The van der Waals surface area contributed by atoms with Crippen molar-refractivity contribution in [1.29, 1.82) is 0 Å². The van der Waals surface area contributed by atoms with Crippen LogP contribution in [0.25, 0.3) is 0 Å². The molecule has 1 spiro atoms. The van der Waals surface area contributed by atoms with E-state index in [4.69, 9.17) is 9.47 Å². The van der Waals surface area contributed by atoms with Crippen LogP contribution in [0.3, 0.4) is 0 Å². The van der Waals surface area contributed by atoms with Crippen LogP contribution in [-0.2, 0) is 19.1 Å². The van der Waals surface area contributed by atoms with Gasteiger partial charge in [-0.25, -0.2) is 0 Å². The molecule has 0 bridgehead atoms. The molecule has 244 valence electrons. The van der Waals surface area contributed by atoms with Gasteiger partial charge in [-0.1, -0.05) is 43.4 Å². The predicted molar refractivity (Wildman–Crippen MR) is 177 cm³/mol. The van der Waals surface area contributed by atoms with Crippen molar-refractivity contribution < 1.29 is 29.0 Å². The first-order valence-corrected chi connectivity index (χ1v) is 16.6. The lowest BCUT2D eigenvalue weighted by molar-refractivity contribution is -0.145. The summed E-state index contributed by atoms with van der Waals surface area (Å²) in [6.45, 7) is 9.50. The average molecular weight is 628 g/mol. The van der Waals surface area contributed by atoms with Crippen LogP contribution in [0.2, 0.25) is 0 Å². The van der Waals surface area contributed by atoms with Crippen molar-refractivity contribution >= 4 is 29.1 Å². The maximum Gasteiger partial charge on any atom is 0.253 e. The van der Waals surface area contributed by atoms with Crippen molar-refractivity contribution in [2.24, 2.45) is 11.8 Å². The fourth-order valence-electron chi connectivity index (χ4n) is 7.92. The molecule has 5 atom stereocenters. The molecule has 1 unspecified atom stereocenters. The summed E-state index contributed by atoms with van der Waals surface area (Å²) in [7, 11) is 0. The van der Waals surface area contributed by atoms with Crippen molar-refractivity contribution in [1.82, 2.24) is 4.90 Å². The maximum atomic E-state index is 14.8. The third kappa shape index (κ3) is 5.14. The lowest BCUT2D eigenvalue weighted by Gasteiger charge is -2.38. The minimum Gasteiger partial charge on any atom is -0.494 e. The van der Waals surface area contributed by atoms with Crippen molar-refractivity contribution in [3.8, 4) is 5.75 Å². The smallest absolute Gasteiger partial charge is 0.253 e. The summed E-state index contributed by atoms with van der Waals surface area (Å²) in [5.74, 6) is -1.62. The largest absolute Gasteiger partial charge is 0.494 e. The molecule has 0 radical (unpaired) electrons. The van der Waals surface area contributed by atoms with E-state index in [2.05, 4.69) is 0 Å². The predicted octanol–water partition coefficient (Wildman–Crippen LogP) is 4.73. The Bertz CT molecular complexity index is 1550. The summed E-state index contributed by atoms with van der Waals surface area (Å²) in [5.41, 5.74) is 1.13. The van der Waals surface area contributed by atoms with Crippen LogP contribution in [0.5, 0.6) is 5.75 Å². The fraction of sp³-hybridized carbons (Fsp3) is 0.486. The summed E-state index contributed by atoms with van der Waals surface area (Å²) in [4.78, 5) is 49.5. The van der Waals surface area contributed by atoms with Gasteiger partial charge in [-0.05, 0) is 87.9 Å². The SMILES string of the molecule is CCOc1ccc(N2CC=C[C@]3(CC)O[C@]45C=CCN(c6cc(C)ccc6C)C(=O)C4N(CCCCCO)C(=O)[C@@H]5[C@@H]3C2=O)cc1. The number of rotatable bonds is 10. The Labute approximate surface area is 271 Å². The highest BCUT2D eigenvalue weighted by atomic mass is 16.5. The number of aliphatic hydroxyl groups excluding tert-OH is 1. The number of ether oxygens (including phenoxy) is 2. The van der Waals surface area contributed by atoms with Crippen LogP contribution < -0.4 is 14.5 Å². The van der Waals surface area contributed by atoms with Gasteiger partial charge in [0, 0.05) is 37.6 Å². The molecule has 0 aromatic heterocycles. The number of carbonyl (C=O) groups is 3. The molecule has 4 aliphatic rings. The molecule has 46 heavy (non-hydrogen) atoms. The summed E-state index contributed by atoms with van der Waals surface area (Å²) in [6.07, 6.45) is 10.2. The third-order valence-electron chi connectivity index (χ3n) is 10.1. The average Bonchev–Trinajstić information content (AvgIpc) is 3.33. The zero-order valence-electron chi connectivity index (χ0n) is 27.3. The number of aliphatic hydroxyl groups is 1. The van der Waals surface area contributed by atoms with E-state index in [1.165, 1.54) is 0 Å². The number of aryl methyl sites for hydroxylation is 2. The van der Waals surface area contributed by atoms with Gasteiger partial charge in [-0.2, -0.15) is 0 Å². The van der Waals surface area contributed by atoms with E-state index in [0.29, 0.717) is 57.6 Å². The van der Waals surface area contributed by atoms with Gasteiger partial charge in [0.05, 0.1) is 24.0 Å². The van der Waals surface area contributed by atoms with E-state index >= 15 is 0 Å². The van der Waals surface area contributed by atoms with Gasteiger partial charge < -0.3 is 29.3 Å². The van der Waals surface area contributed by atoms with E-state index in [1.807, 2.05) is 94.5 Å². The Morgan fingerprint density at radius 2 is 1.61 bits per heavy atom. The Kier molecular flexibility index (Phi) is 8.83. The Balaban J connectivity index is 1.44. The summed E-state index contributed by atoms with van der Waals surface area (Å²) >= 11 is 0. The van der Waals surface area contributed by atoms with Crippen molar-refractivity contribution in [2.45, 2.75) is 70.6 Å². The minimum atomic E-state index is -1.32. The zero-order chi connectivity index (χ0) is 32.6. The van der Waals surface area contributed by atoms with Crippen LogP contribution >= 0.6 is 0 Å². The zero-order valence-corrected chi connectivity index (χ0v) is 27.3. The number of carbonyl (C=O) groups excluding carboxylic acids is 3. The Morgan fingerprint density at radius 1 is 0.870 bits per heavy atom. The standard InChI is InChI=1S/C37H45N3O6/c1-5-36-18-10-21-38(27-14-16-28(17-15-27)45-6-2)33(42)30(36)31-34(43)40(20-8-7-9-23-41)32-35(44)39(22-11-19-37(31,32)46-36)29-24-25(3)12-13-26(29)4/h10-19,24,30-32,41H,5-9,20-23H2,1-4H3/t30-,31+,32?,36+,37+/m1/s1. The monoisotopic (exact) mass is 627 g/mol. The molecule has 2 aromatic rings. The summed E-state index contributed by atoms with van der Waals surface area (Å²) in [5, 5.41) is 9.39. The highest BCUT2D eigenvalue weighted by molar-refractivity contribution is 6.08. The van der Waals surface area contributed by atoms with E-state index < -0.39 is 29.1 Å². The molecule has 2 aromatic carbocycles. The van der Waals surface area contributed by atoms with Crippen LogP contribution in [0, 0.1) is 25.7 Å². The van der Waals surface area contributed by atoms with Gasteiger partial charge in [0.15, 0.2) is 0 Å². The number of likely N-dealkylation sites (tertiary alicyclic amines) is 1. The normalized spacial score (nSPS) is 28.7. The molecule has 1 N–H and O–H groups in total. The molecule has 3 amide bonds. The lowest BCUT2D eigenvalue weighted by atomic mass is 9.73. The summed E-state index contributed by atoms with van der Waals surface area (Å²) < 4.78 is 12.8. The lowest BCUT2D eigenvalue weighted by Crippen LogP contribution is -2.56. The van der Waals surface area contributed by atoms with Gasteiger partial charge in [0.1, 0.15) is 17.4 Å². The number of nitrogens with zero attached hydrogens (tertiary/aromatic N) is 3. The molecular weight excluding hydrogens is 582 g/mol. The second kappa shape index (κ2) is 12.7. The van der Waals surface area contributed by atoms with Crippen molar-refractivity contribution in [3.05, 3.63) is 77.9 Å².